The van der Waals surface area contributed by atoms with Gasteiger partial charge in [0, 0.05) is 6.26 Å². The number of benzene rings is 1. The summed E-state index contributed by atoms with van der Waals surface area (Å²) in [4.78, 5) is 0. The van der Waals surface area contributed by atoms with Crippen molar-refractivity contribution in [3.63, 3.8) is 0 Å². The van der Waals surface area contributed by atoms with Gasteiger partial charge in [-0.25, -0.2) is 8.42 Å². The molecule has 112 valence electrons. The van der Waals surface area contributed by atoms with Crippen molar-refractivity contribution in [2.75, 3.05) is 25.2 Å². The van der Waals surface area contributed by atoms with Crippen molar-refractivity contribution in [3.05, 3.63) is 24.0 Å². The van der Waals surface area contributed by atoms with Gasteiger partial charge < -0.3 is 19.7 Å². The summed E-state index contributed by atoms with van der Waals surface area (Å²) in [6.45, 7) is 0.965. The standard InChI is InChI=1S/C13H14N2O5S/c1-21(16,17)7-11-12(13(14)15-20-11)8-2-3-9-10(6-8)19-5-4-18-9/h2-3,6H,4-5,7H2,1H3,(H2,14,15). The highest BCUT2D eigenvalue weighted by molar-refractivity contribution is 7.89. The van der Waals surface area contributed by atoms with Gasteiger partial charge in [0.05, 0.1) is 5.56 Å². The van der Waals surface area contributed by atoms with Gasteiger partial charge in [-0.1, -0.05) is 11.2 Å². The molecule has 0 saturated heterocycles. The Kier molecular flexibility index (Phi) is 3.25. The van der Waals surface area contributed by atoms with Crippen LogP contribution < -0.4 is 15.2 Å². The molecule has 0 unspecified atom stereocenters. The number of nitrogens with two attached hydrogens (primary N) is 1. The number of fused-ring (bicyclic) bond motifs is 1. The number of sulfone groups is 1. The van der Waals surface area contributed by atoms with Crippen molar-refractivity contribution in [1.82, 2.24) is 5.16 Å². The number of rotatable bonds is 3. The molecule has 0 amide bonds. The lowest BCUT2D eigenvalue weighted by molar-refractivity contribution is 0.171. The summed E-state index contributed by atoms with van der Waals surface area (Å²) >= 11 is 0. The number of nitrogens with zero attached hydrogens (tertiary/aromatic N) is 1. The SMILES string of the molecule is CS(=O)(=O)Cc1onc(N)c1-c1ccc2c(c1)OCCO2. The molecule has 2 N–H and O–H groups in total. The molecule has 1 aliphatic rings. The third-order valence-corrected chi connectivity index (χ3v) is 3.80. The van der Waals surface area contributed by atoms with E-state index in [-0.39, 0.29) is 17.3 Å². The average Bonchev–Trinajstić information content (AvgIpc) is 2.77. The zero-order valence-corrected chi connectivity index (χ0v) is 12.1. The number of ether oxygens (including phenoxy) is 2. The summed E-state index contributed by atoms with van der Waals surface area (Å²) in [7, 11) is -3.26. The molecule has 0 spiro atoms. The van der Waals surface area contributed by atoms with Crippen LogP contribution in [0.5, 0.6) is 11.5 Å². The van der Waals surface area contributed by atoms with Gasteiger partial charge in [0.25, 0.3) is 0 Å². The minimum atomic E-state index is -3.26. The molecule has 0 fully saturated rings. The van der Waals surface area contributed by atoms with Crippen LogP contribution in [0, 0.1) is 0 Å². The van der Waals surface area contributed by atoms with Gasteiger partial charge in [-0.3, -0.25) is 0 Å². The van der Waals surface area contributed by atoms with Crippen LogP contribution >= 0.6 is 0 Å². The largest absolute Gasteiger partial charge is 0.486 e. The van der Waals surface area contributed by atoms with E-state index in [1.165, 1.54) is 0 Å². The number of hydrogen-bond donors (Lipinski definition) is 1. The Morgan fingerprint density at radius 3 is 2.67 bits per heavy atom. The van der Waals surface area contributed by atoms with Crippen LogP contribution in [0.3, 0.4) is 0 Å². The first-order chi connectivity index (χ1) is 9.94. The minimum Gasteiger partial charge on any atom is -0.486 e. The van der Waals surface area contributed by atoms with Gasteiger partial charge in [-0.15, -0.1) is 0 Å². The van der Waals surface area contributed by atoms with E-state index in [4.69, 9.17) is 19.7 Å². The third kappa shape index (κ3) is 2.80. The van der Waals surface area contributed by atoms with E-state index in [0.717, 1.165) is 6.26 Å². The molecule has 0 aliphatic carbocycles. The van der Waals surface area contributed by atoms with E-state index in [2.05, 4.69) is 5.16 Å². The summed E-state index contributed by atoms with van der Waals surface area (Å²) in [5.74, 6) is 1.33. The van der Waals surface area contributed by atoms with E-state index in [1.807, 2.05) is 0 Å². The van der Waals surface area contributed by atoms with Crippen molar-refractivity contribution in [2.45, 2.75) is 5.75 Å². The monoisotopic (exact) mass is 310 g/mol. The van der Waals surface area contributed by atoms with Crippen LogP contribution in [-0.2, 0) is 15.6 Å². The predicted octanol–water partition coefficient (Wildman–Crippen LogP) is 1.24. The van der Waals surface area contributed by atoms with Gasteiger partial charge in [-0.05, 0) is 17.7 Å². The van der Waals surface area contributed by atoms with Crippen LogP contribution in [0.25, 0.3) is 11.1 Å². The van der Waals surface area contributed by atoms with Crippen LogP contribution in [0.2, 0.25) is 0 Å². The Morgan fingerprint density at radius 1 is 1.24 bits per heavy atom. The molecule has 1 aromatic carbocycles. The van der Waals surface area contributed by atoms with Gasteiger partial charge in [-0.2, -0.15) is 0 Å². The minimum absolute atomic E-state index is 0.144. The maximum atomic E-state index is 11.5. The van der Waals surface area contributed by atoms with Crippen molar-refractivity contribution < 1.29 is 22.4 Å². The summed E-state index contributed by atoms with van der Waals surface area (Å²) in [5.41, 5.74) is 6.94. The molecule has 1 aliphatic heterocycles. The number of nitrogen functional groups attached to an aromatic ring is 1. The Bertz CT molecular complexity index is 782. The molecule has 8 heteroatoms. The number of hydrogen-bond acceptors (Lipinski definition) is 7. The lowest BCUT2D eigenvalue weighted by Crippen LogP contribution is -2.15. The molecule has 2 heterocycles. The van der Waals surface area contributed by atoms with Crippen molar-refractivity contribution in [3.8, 4) is 22.6 Å². The average molecular weight is 310 g/mol. The fourth-order valence-corrected chi connectivity index (χ4v) is 2.86. The molecular formula is C13H14N2O5S. The summed E-state index contributed by atoms with van der Waals surface area (Å²) in [5, 5.41) is 3.66. The predicted molar refractivity (Wildman–Crippen MR) is 75.9 cm³/mol. The molecule has 1 aromatic heterocycles. The highest BCUT2D eigenvalue weighted by atomic mass is 32.2. The fraction of sp³-hybridized carbons (Fsp3) is 0.308. The topological polar surface area (TPSA) is 105 Å². The molecule has 0 saturated carbocycles. The molecule has 2 aromatic rings. The van der Waals surface area contributed by atoms with E-state index in [9.17, 15) is 8.42 Å². The van der Waals surface area contributed by atoms with Crippen LogP contribution in [0.4, 0.5) is 5.82 Å². The summed E-state index contributed by atoms with van der Waals surface area (Å²) in [6, 6.07) is 5.26. The Balaban J connectivity index is 2.06. The second-order valence-electron chi connectivity index (χ2n) is 4.79. The van der Waals surface area contributed by atoms with Crippen molar-refractivity contribution >= 4 is 15.7 Å². The Hall–Kier alpha value is -2.22. The van der Waals surface area contributed by atoms with Crippen LogP contribution in [0.1, 0.15) is 5.76 Å². The first kappa shape index (κ1) is 13.7. The van der Waals surface area contributed by atoms with E-state index >= 15 is 0 Å². The number of aromatic nitrogens is 1. The smallest absolute Gasteiger partial charge is 0.175 e. The second-order valence-corrected chi connectivity index (χ2v) is 6.93. The Labute approximate surface area is 121 Å². The van der Waals surface area contributed by atoms with Gasteiger partial charge in [0.2, 0.25) is 0 Å². The first-order valence-electron chi connectivity index (χ1n) is 6.26. The maximum Gasteiger partial charge on any atom is 0.175 e. The van der Waals surface area contributed by atoms with E-state index in [0.29, 0.717) is 35.8 Å². The maximum absolute atomic E-state index is 11.5. The molecule has 0 atom stereocenters. The van der Waals surface area contributed by atoms with Crippen molar-refractivity contribution in [1.29, 1.82) is 0 Å². The zero-order chi connectivity index (χ0) is 15.0. The van der Waals surface area contributed by atoms with Gasteiger partial charge in [0.15, 0.2) is 32.9 Å². The highest BCUT2D eigenvalue weighted by Crippen LogP contribution is 2.38. The molecule has 21 heavy (non-hydrogen) atoms. The summed E-state index contributed by atoms with van der Waals surface area (Å²) in [6.07, 6.45) is 1.12. The van der Waals surface area contributed by atoms with Gasteiger partial charge in [0.1, 0.15) is 19.0 Å². The third-order valence-electron chi connectivity index (χ3n) is 3.01. The van der Waals surface area contributed by atoms with Gasteiger partial charge >= 0.3 is 0 Å². The Morgan fingerprint density at radius 2 is 1.95 bits per heavy atom. The summed E-state index contributed by atoms with van der Waals surface area (Å²) < 4.78 is 38.9. The van der Waals surface area contributed by atoms with E-state index in [1.54, 1.807) is 18.2 Å². The van der Waals surface area contributed by atoms with Crippen molar-refractivity contribution in [2.24, 2.45) is 0 Å². The lowest BCUT2D eigenvalue weighted by Gasteiger charge is -2.18. The van der Waals surface area contributed by atoms with E-state index < -0.39 is 9.84 Å². The number of anilines is 1. The zero-order valence-electron chi connectivity index (χ0n) is 11.3. The second kappa shape index (κ2) is 4.96. The van der Waals surface area contributed by atoms with Crippen LogP contribution in [0.15, 0.2) is 22.7 Å². The normalized spacial score (nSPS) is 14.1. The molecule has 3 rings (SSSR count). The molecule has 0 radical (unpaired) electrons. The van der Waals surface area contributed by atoms with Crippen LogP contribution in [-0.4, -0.2) is 33.0 Å². The first-order valence-corrected chi connectivity index (χ1v) is 8.32. The molecular weight excluding hydrogens is 296 g/mol. The quantitative estimate of drug-likeness (QED) is 0.909. The highest BCUT2D eigenvalue weighted by Gasteiger charge is 2.21. The molecule has 0 bridgehead atoms. The molecule has 7 nitrogen and oxygen atoms in total. The fourth-order valence-electron chi connectivity index (χ4n) is 2.18. The lowest BCUT2D eigenvalue weighted by atomic mass is 10.1.